The number of carbonyl (C=O) groups is 1. The first-order valence-corrected chi connectivity index (χ1v) is 8.00. The lowest BCUT2D eigenvalue weighted by atomic mass is 9.80. The van der Waals surface area contributed by atoms with Crippen molar-refractivity contribution in [3.05, 3.63) is 34.7 Å². The third-order valence-electron chi connectivity index (χ3n) is 3.89. The maximum atomic E-state index is 12.0. The minimum absolute atomic E-state index is 0.0417. The molecule has 1 fully saturated rings. The van der Waals surface area contributed by atoms with Crippen LogP contribution in [0.2, 0.25) is 5.02 Å². The van der Waals surface area contributed by atoms with E-state index in [1.807, 2.05) is 13.0 Å². The predicted octanol–water partition coefficient (Wildman–Crippen LogP) is 3.35. The number of thiazole rings is 1. The molecule has 22 heavy (non-hydrogen) atoms. The molecule has 0 aliphatic carbocycles. The monoisotopic (exact) mass is 334 g/mol. The summed E-state index contributed by atoms with van der Waals surface area (Å²) in [7, 11) is 1.65. The van der Waals surface area contributed by atoms with E-state index in [-0.39, 0.29) is 5.91 Å². The molecule has 1 atom stereocenters. The Kier molecular flexibility index (Phi) is 3.74. The highest BCUT2D eigenvalue weighted by molar-refractivity contribution is 7.15. The summed E-state index contributed by atoms with van der Waals surface area (Å²) in [6.45, 7) is 1.99. The van der Waals surface area contributed by atoms with Crippen molar-refractivity contribution in [1.82, 2.24) is 14.9 Å². The van der Waals surface area contributed by atoms with E-state index in [2.05, 4.69) is 9.97 Å². The van der Waals surface area contributed by atoms with Gasteiger partial charge in [-0.15, -0.1) is 11.3 Å². The molecule has 5 nitrogen and oxygen atoms in total. The molecule has 0 saturated carbocycles. The van der Waals surface area contributed by atoms with Gasteiger partial charge in [-0.2, -0.15) is 0 Å². The summed E-state index contributed by atoms with van der Waals surface area (Å²) in [6.07, 6.45) is 5.99. The van der Waals surface area contributed by atoms with Crippen LogP contribution in [0.5, 0.6) is 0 Å². The number of aromatic nitrogens is 2. The zero-order valence-electron chi connectivity index (χ0n) is 12.3. The molecule has 0 radical (unpaired) electrons. The Labute approximate surface area is 137 Å². The van der Waals surface area contributed by atoms with Gasteiger partial charge in [0.05, 0.1) is 14.9 Å². The van der Waals surface area contributed by atoms with E-state index in [1.165, 1.54) is 16.2 Å². The van der Waals surface area contributed by atoms with Crippen LogP contribution in [-0.2, 0) is 10.2 Å². The van der Waals surface area contributed by atoms with Crippen molar-refractivity contribution in [2.75, 3.05) is 7.05 Å². The number of nitrogens with one attached hydrogen (secondary N) is 1. The van der Waals surface area contributed by atoms with Crippen molar-refractivity contribution in [2.45, 2.75) is 25.2 Å². The van der Waals surface area contributed by atoms with Gasteiger partial charge in [0.2, 0.25) is 5.91 Å². The van der Waals surface area contributed by atoms with Gasteiger partial charge in [-0.3, -0.25) is 15.2 Å². The number of nitrogens with zero attached hydrogens (tertiary/aromatic N) is 3. The second-order valence-corrected chi connectivity index (χ2v) is 7.20. The molecular weight excluding hydrogens is 320 g/mol. The van der Waals surface area contributed by atoms with E-state index >= 15 is 0 Å². The number of rotatable bonds is 2. The number of amidine groups is 1. The lowest BCUT2D eigenvalue weighted by Crippen LogP contribution is -2.46. The minimum atomic E-state index is -0.421. The summed E-state index contributed by atoms with van der Waals surface area (Å²) in [5.41, 5.74) is 0.490. The van der Waals surface area contributed by atoms with Crippen LogP contribution >= 0.6 is 22.9 Å². The Hall–Kier alpha value is -1.79. The topological polar surface area (TPSA) is 69.9 Å². The van der Waals surface area contributed by atoms with Crippen LogP contribution in [0.3, 0.4) is 0 Å². The zero-order valence-corrected chi connectivity index (χ0v) is 13.8. The molecule has 1 N–H and O–H groups in total. The van der Waals surface area contributed by atoms with Crippen molar-refractivity contribution in [2.24, 2.45) is 0 Å². The summed E-state index contributed by atoms with van der Waals surface area (Å²) >= 11 is 7.50. The summed E-state index contributed by atoms with van der Waals surface area (Å²) in [6, 6.07) is 1.84. The van der Waals surface area contributed by atoms with E-state index in [0.29, 0.717) is 23.7 Å². The molecule has 0 aromatic carbocycles. The smallest absolute Gasteiger partial charge is 0.228 e. The molecule has 3 rings (SSSR count). The molecule has 2 aromatic heterocycles. The SMILES string of the molecule is CN1C(=N)C[C@](C)(c2ncc(-c3cncc(Cl)c3)s2)CC1=O. The number of hydrogen-bond acceptors (Lipinski definition) is 5. The molecule has 7 heteroatoms. The van der Waals surface area contributed by atoms with Gasteiger partial charge in [0.1, 0.15) is 5.84 Å². The Bertz CT molecular complexity index is 740. The third kappa shape index (κ3) is 2.64. The van der Waals surface area contributed by atoms with Gasteiger partial charge in [-0.25, -0.2) is 4.98 Å². The molecule has 2 aromatic rings. The van der Waals surface area contributed by atoms with E-state index in [9.17, 15) is 4.79 Å². The second kappa shape index (κ2) is 5.44. The fourth-order valence-corrected chi connectivity index (χ4v) is 3.75. The number of halogens is 1. The maximum absolute atomic E-state index is 12.0. The van der Waals surface area contributed by atoms with E-state index in [4.69, 9.17) is 17.0 Å². The van der Waals surface area contributed by atoms with Crippen LogP contribution < -0.4 is 0 Å². The number of carbonyl (C=O) groups excluding carboxylic acids is 1. The number of piperidine rings is 1. The average molecular weight is 335 g/mol. The zero-order chi connectivity index (χ0) is 15.9. The first-order chi connectivity index (χ1) is 10.4. The van der Waals surface area contributed by atoms with E-state index in [0.717, 1.165) is 15.4 Å². The molecule has 1 aliphatic rings. The van der Waals surface area contributed by atoms with E-state index in [1.54, 1.807) is 25.6 Å². The number of likely N-dealkylation sites (tertiary alicyclic amines) is 1. The van der Waals surface area contributed by atoms with Gasteiger partial charge in [0, 0.05) is 49.5 Å². The Morgan fingerprint density at radius 2 is 2.14 bits per heavy atom. The van der Waals surface area contributed by atoms with Crippen LogP contribution in [0.15, 0.2) is 24.7 Å². The fraction of sp³-hybridized carbons (Fsp3) is 0.333. The van der Waals surface area contributed by atoms with E-state index < -0.39 is 5.41 Å². The molecule has 1 amide bonds. The summed E-state index contributed by atoms with van der Waals surface area (Å²) in [5.74, 6) is 0.292. The van der Waals surface area contributed by atoms with Gasteiger partial charge < -0.3 is 4.90 Å². The van der Waals surface area contributed by atoms with Gasteiger partial charge in [-0.1, -0.05) is 18.5 Å². The molecule has 114 valence electrons. The fourth-order valence-electron chi connectivity index (χ4n) is 2.54. The summed E-state index contributed by atoms with van der Waals surface area (Å²) in [5, 5.41) is 9.43. The van der Waals surface area contributed by atoms with Crippen molar-refractivity contribution in [3.8, 4) is 10.4 Å². The Balaban J connectivity index is 1.93. The molecule has 0 unspecified atom stereocenters. The van der Waals surface area contributed by atoms with Crippen molar-refractivity contribution in [1.29, 1.82) is 5.41 Å². The normalized spacial score (nSPS) is 22.2. The van der Waals surface area contributed by atoms with Crippen LogP contribution in [0.25, 0.3) is 10.4 Å². The Morgan fingerprint density at radius 3 is 2.82 bits per heavy atom. The van der Waals surface area contributed by atoms with Crippen LogP contribution in [0.1, 0.15) is 24.8 Å². The second-order valence-electron chi connectivity index (χ2n) is 5.74. The highest BCUT2D eigenvalue weighted by Crippen LogP contribution is 2.40. The first kappa shape index (κ1) is 15.1. The standard InChI is InChI=1S/C15H15ClN4OS/c1-15(4-12(17)20(2)13(21)5-15)14-19-8-11(22-14)9-3-10(16)7-18-6-9/h3,6-8,17H,4-5H2,1-2H3/t15-/m0/s1. The molecule has 3 heterocycles. The lowest BCUT2D eigenvalue weighted by Gasteiger charge is -2.36. The predicted molar refractivity (Wildman–Crippen MR) is 87.4 cm³/mol. The number of hydrogen-bond donors (Lipinski definition) is 1. The third-order valence-corrected chi connectivity index (χ3v) is 5.45. The van der Waals surface area contributed by atoms with Crippen molar-refractivity contribution in [3.63, 3.8) is 0 Å². The molecular formula is C15H15ClN4OS. The van der Waals surface area contributed by atoms with Gasteiger partial charge in [0.25, 0.3) is 0 Å². The Morgan fingerprint density at radius 1 is 1.36 bits per heavy atom. The van der Waals surface area contributed by atoms with Gasteiger partial charge in [0.15, 0.2) is 0 Å². The summed E-state index contributed by atoms with van der Waals surface area (Å²) < 4.78 is 0. The quantitative estimate of drug-likeness (QED) is 0.915. The first-order valence-electron chi connectivity index (χ1n) is 6.80. The minimum Gasteiger partial charge on any atom is -0.304 e. The molecule has 0 spiro atoms. The van der Waals surface area contributed by atoms with Crippen LogP contribution in [-0.4, -0.2) is 33.7 Å². The number of pyridine rings is 1. The highest BCUT2D eigenvalue weighted by Gasteiger charge is 2.40. The largest absolute Gasteiger partial charge is 0.304 e. The van der Waals surface area contributed by atoms with Crippen molar-refractivity contribution >= 4 is 34.7 Å². The number of amides is 1. The van der Waals surface area contributed by atoms with Crippen molar-refractivity contribution < 1.29 is 4.79 Å². The molecule has 1 aliphatic heterocycles. The van der Waals surface area contributed by atoms with Gasteiger partial charge >= 0.3 is 0 Å². The molecule has 0 bridgehead atoms. The maximum Gasteiger partial charge on any atom is 0.228 e. The van der Waals surface area contributed by atoms with Crippen LogP contribution in [0, 0.1) is 5.41 Å². The highest BCUT2D eigenvalue weighted by atomic mass is 35.5. The lowest BCUT2D eigenvalue weighted by molar-refractivity contribution is -0.128. The van der Waals surface area contributed by atoms with Crippen LogP contribution in [0.4, 0.5) is 0 Å². The molecule has 1 saturated heterocycles. The average Bonchev–Trinajstić information content (AvgIpc) is 2.95. The summed E-state index contributed by atoms with van der Waals surface area (Å²) in [4.78, 5) is 23.0. The van der Waals surface area contributed by atoms with Gasteiger partial charge in [-0.05, 0) is 6.07 Å².